The van der Waals surface area contributed by atoms with E-state index in [1.807, 2.05) is 18.3 Å². The van der Waals surface area contributed by atoms with Crippen LogP contribution in [0, 0.1) is 5.41 Å². The molecule has 0 saturated heterocycles. The average molecular weight is 248 g/mol. The second-order valence-electron chi connectivity index (χ2n) is 5.75. The van der Waals surface area contributed by atoms with Crippen molar-refractivity contribution < 1.29 is 5.11 Å². The van der Waals surface area contributed by atoms with Crippen molar-refractivity contribution in [3.05, 3.63) is 24.5 Å². The third kappa shape index (κ3) is 3.43. The highest BCUT2D eigenvalue weighted by molar-refractivity contribution is 5.45. The molecule has 5 nitrogen and oxygen atoms in total. The molecule has 0 aliphatic rings. The number of hydrogen-bond acceptors (Lipinski definition) is 4. The maximum absolute atomic E-state index is 9.91. The maximum Gasteiger partial charge on any atom is 0.157 e. The lowest BCUT2D eigenvalue weighted by Crippen LogP contribution is -2.25. The molecule has 2 aromatic heterocycles. The number of aliphatic hydroxyl groups is 1. The standard InChI is InChI=1S/C13H20N4O/c1-13(2,3)8-10(18)9-14-11-5-7-17-12(16-11)4-6-15-17/h4-7,10,18H,8-9H2,1-3H3,(H,14,16). The van der Waals surface area contributed by atoms with Gasteiger partial charge in [-0.15, -0.1) is 0 Å². The molecular formula is C13H20N4O. The monoisotopic (exact) mass is 248 g/mol. The van der Waals surface area contributed by atoms with Crippen LogP contribution in [0.4, 0.5) is 5.82 Å². The Balaban J connectivity index is 1.93. The topological polar surface area (TPSA) is 62.5 Å². The van der Waals surface area contributed by atoms with Gasteiger partial charge in [-0.2, -0.15) is 5.10 Å². The first-order chi connectivity index (χ1) is 8.44. The van der Waals surface area contributed by atoms with Gasteiger partial charge in [0.15, 0.2) is 5.65 Å². The van der Waals surface area contributed by atoms with Crippen molar-refractivity contribution in [3.63, 3.8) is 0 Å². The van der Waals surface area contributed by atoms with E-state index in [1.165, 1.54) is 0 Å². The van der Waals surface area contributed by atoms with Gasteiger partial charge >= 0.3 is 0 Å². The van der Waals surface area contributed by atoms with E-state index in [2.05, 4.69) is 36.2 Å². The lowest BCUT2D eigenvalue weighted by molar-refractivity contribution is 0.132. The number of nitrogens with one attached hydrogen (secondary N) is 1. The quantitative estimate of drug-likeness (QED) is 0.868. The minimum absolute atomic E-state index is 0.129. The highest BCUT2D eigenvalue weighted by Crippen LogP contribution is 2.20. The normalized spacial score (nSPS) is 13.8. The van der Waals surface area contributed by atoms with Crippen LogP contribution in [-0.2, 0) is 0 Å². The number of aromatic nitrogens is 3. The third-order valence-corrected chi connectivity index (χ3v) is 2.62. The Kier molecular flexibility index (Phi) is 3.52. The molecule has 18 heavy (non-hydrogen) atoms. The summed E-state index contributed by atoms with van der Waals surface area (Å²) in [5, 5.41) is 17.1. The Morgan fingerprint density at radius 2 is 2.17 bits per heavy atom. The number of anilines is 1. The fourth-order valence-corrected chi connectivity index (χ4v) is 1.91. The van der Waals surface area contributed by atoms with Crippen LogP contribution in [0.3, 0.4) is 0 Å². The minimum Gasteiger partial charge on any atom is -0.391 e. The van der Waals surface area contributed by atoms with Crippen molar-refractivity contribution in [1.29, 1.82) is 0 Å². The van der Waals surface area contributed by atoms with Gasteiger partial charge in [0.2, 0.25) is 0 Å². The first kappa shape index (κ1) is 12.8. The van der Waals surface area contributed by atoms with Crippen LogP contribution in [0.15, 0.2) is 24.5 Å². The second-order valence-corrected chi connectivity index (χ2v) is 5.75. The van der Waals surface area contributed by atoms with Gasteiger partial charge in [-0.05, 0) is 17.9 Å². The third-order valence-electron chi connectivity index (χ3n) is 2.62. The lowest BCUT2D eigenvalue weighted by atomic mass is 9.89. The van der Waals surface area contributed by atoms with E-state index in [1.54, 1.807) is 10.7 Å². The Labute approximate surface area is 107 Å². The Hall–Kier alpha value is -1.62. The molecule has 5 heteroatoms. The van der Waals surface area contributed by atoms with E-state index in [0.29, 0.717) is 6.54 Å². The maximum atomic E-state index is 9.91. The zero-order valence-electron chi connectivity index (χ0n) is 11.1. The van der Waals surface area contributed by atoms with Crippen LogP contribution >= 0.6 is 0 Å². The summed E-state index contributed by atoms with van der Waals surface area (Å²) in [5.41, 5.74) is 0.925. The number of hydrogen-bond donors (Lipinski definition) is 2. The average Bonchev–Trinajstić information content (AvgIpc) is 2.71. The van der Waals surface area contributed by atoms with E-state index in [0.717, 1.165) is 17.9 Å². The SMILES string of the molecule is CC(C)(C)CC(O)CNc1ccn2nccc2n1. The Morgan fingerprint density at radius 3 is 2.89 bits per heavy atom. The molecule has 0 fully saturated rings. The van der Waals surface area contributed by atoms with Gasteiger partial charge in [0, 0.05) is 18.8 Å². The van der Waals surface area contributed by atoms with Gasteiger partial charge in [-0.3, -0.25) is 0 Å². The molecule has 0 spiro atoms. The molecule has 2 rings (SSSR count). The number of nitrogens with zero attached hydrogens (tertiary/aromatic N) is 3. The van der Waals surface area contributed by atoms with Crippen molar-refractivity contribution in [2.75, 3.05) is 11.9 Å². The summed E-state index contributed by atoms with van der Waals surface area (Å²) >= 11 is 0. The van der Waals surface area contributed by atoms with Crippen LogP contribution in [-0.4, -0.2) is 32.4 Å². The lowest BCUT2D eigenvalue weighted by Gasteiger charge is -2.22. The van der Waals surface area contributed by atoms with E-state index < -0.39 is 0 Å². The molecule has 0 aromatic carbocycles. The number of aliphatic hydroxyl groups excluding tert-OH is 1. The van der Waals surface area contributed by atoms with Crippen LogP contribution in [0.5, 0.6) is 0 Å². The van der Waals surface area contributed by atoms with Gasteiger partial charge in [0.25, 0.3) is 0 Å². The second kappa shape index (κ2) is 4.94. The van der Waals surface area contributed by atoms with Gasteiger partial charge in [0.05, 0.1) is 12.3 Å². The molecule has 2 heterocycles. The molecule has 0 bridgehead atoms. The highest BCUT2D eigenvalue weighted by atomic mass is 16.3. The van der Waals surface area contributed by atoms with Crippen LogP contribution < -0.4 is 5.32 Å². The van der Waals surface area contributed by atoms with Crippen LogP contribution in [0.1, 0.15) is 27.2 Å². The summed E-state index contributed by atoms with van der Waals surface area (Å²) < 4.78 is 1.71. The molecule has 98 valence electrons. The van der Waals surface area contributed by atoms with Crippen LogP contribution in [0.25, 0.3) is 5.65 Å². The molecule has 1 unspecified atom stereocenters. The van der Waals surface area contributed by atoms with Crippen molar-refractivity contribution in [3.8, 4) is 0 Å². The van der Waals surface area contributed by atoms with Gasteiger partial charge < -0.3 is 10.4 Å². The van der Waals surface area contributed by atoms with Crippen molar-refractivity contribution >= 4 is 11.5 Å². The Bertz CT molecular complexity index is 515. The summed E-state index contributed by atoms with van der Waals surface area (Å²) in [6, 6.07) is 3.70. The summed E-state index contributed by atoms with van der Waals surface area (Å²) in [5.74, 6) is 0.760. The van der Waals surface area contributed by atoms with E-state index >= 15 is 0 Å². The van der Waals surface area contributed by atoms with E-state index in [-0.39, 0.29) is 11.5 Å². The summed E-state index contributed by atoms with van der Waals surface area (Å²) in [6.45, 7) is 6.86. The molecule has 0 aliphatic carbocycles. The number of fused-ring (bicyclic) bond motifs is 1. The highest BCUT2D eigenvalue weighted by Gasteiger charge is 2.16. The molecule has 0 saturated carbocycles. The molecule has 2 N–H and O–H groups in total. The predicted molar refractivity (Wildman–Crippen MR) is 71.6 cm³/mol. The smallest absolute Gasteiger partial charge is 0.157 e. The van der Waals surface area contributed by atoms with Crippen molar-refractivity contribution in [1.82, 2.24) is 14.6 Å². The molecule has 0 aliphatic heterocycles. The van der Waals surface area contributed by atoms with E-state index in [4.69, 9.17) is 0 Å². The molecular weight excluding hydrogens is 228 g/mol. The molecule has 0 amide bonds. The first-order valence-corrected chi connectivity index (χ1v) is 6.16. The van der Waals surface area contributed by atoms with Crippen molar-refractivity contribution in [2.45, 2.75) is 33.3 Å². The predicted octanol–water partition coefficient (Wildman–Crippen LogP) is 1.94. The van der Waals surface area contributed by atoms with Crippen molar-refractivity contribution in [2.24, 2.45) is 5.41 Å². The van der Waals surface area contributed by atoms with Gasteiger partial charge in [-0.1, -0.05) is 20.8 Å². The largest absolute Gasteiger partial charge is 0.391 e. The van der Waals surface area contributed by atoms with Gasteiger partial charge in [-0.25, -0.2) is 9.50 Å². The van der Waals surface area contributed by atoms with Gasteiger partial charge in [0.1, 0.15) is 5.82 Å². The molecule has 1 atom stereocenters. The zero-order valence-corrected chi connectivity index (χ0v) is 11.1. The van der Waals surface area contributed by atoms with Crippen LogP contribution in [0.2, 0.25) is 0 Å². The summed E-state index contributed by atoms with van der Waals surface area (Å²) in [6.07, 6.45) is 3.95. The fraction of sp³-hybridized carbons (Fsp3) is 0.538. The fourth-order valence-electron chi connectivity index (χ4n) is 1.91. The van der Waals surface area contributed by atoms with E-state index in [9.17, 15) is 5.11 Å². The zero-order chi connectivity index (χ0) is 13.2. The Morgan fingerprint density at radius 1 is 1.39 bits per heavy atom. The summed E-state index contributed by atoms with van der Waals surface area (Å²) in [7, 11) is 0. The molecule has 2 aromatic rings. The number of rotatable bonds is 4. The minimum atomic E-state index is -0.368. The summed E-state index contributed by atoms with van der Waals surface area (Å²) in [4.78, 5) is 4.38. The first-order valence-electron chi connectivity index (χ1n) is 6.16. The molecule has 0 radical (unpaired) electrons.